The fraction of sp³-hybridized carbons (Fsp3) is 0.739. The molecule has 142 valence electrons. The van der Waals surface area contributed by atoms with Crippen molar-refractivity contribution >= 4 is 5.69 Å². The Labute approximate surface area is 159 Å². The van der Waals surface area contributed by atoms with Crippen molar-refractivity contribution in [2.45, 2.75) is 69.9 Å². The maximum Gasteiger partial charge on any atom is 0.0369 e. The van der Waals surface area contributed by atoms with E-state index in [9.17, 15) is 0 Å². The summed E-state index contributed by atoms with van der Waals surface area (Å²) in [6.45, 7) is 7.88. The van der Waals surface area contributed by atoms with Crippen LogP contribution in [0.4, 0.5) is 5.69 Å². The SMILES string of the molecule is c1cc2c(cc1N1CCC(N3CCCC(N4CCCC4)C3)CC1)CCC2. The minimum Gasteiger partial charge on any atom is -0.371 e. The maximum atomic E-state index is 2.85. The van der Waals surface area contributed by atoms with Gasteiger partial charge in [-0.05, 0) is 101 Å². The average Bonchev–Trinajstić information content (AvgIpc) is 3.39. The standard InChI is InChI=1S/C23H35N3/c1-2-13-24(12-1)23-7-4-14-26(18-23)21-10-15-25(16-11-21)22-9-8-19-5-3-6-20(19)17-22/h8-9,17,21,23H,1-7,10-16,18H2. The summed E-state index contributed by atoms with van der Waals surface area (Å²) in [4.78, 5) is 8.29. The summed E-state index contributed by atoms with van der Waals surface area (Å²) >= 11 is 0. The monoisotopic (exact) mass is 353 g/mol. The Morgan fingerprint density at radius 1 is 0.654 bits per heavy atom. The summed E-state index contributed by atoms with van der Waals surface area (Å²) in [5.41, 5.74) is 4.71. The third-order valence-corrected chi connectivity index (χ3v) is 7.51. The van der Waals surface area contributed by atoms with Gasteiger partial charge in [-0.25, -0.2) is 0 Å². The lowest BCUT2D eigenvalue weighted by atomic mass is 9.96. The van der Waals surface area contributed by atoms with Gasteiger partial charge >= 0.3 is 0 Å². The number of hydrogen-bond donors (Lipinski definition) is 0. The number of likely N-dealkylation sites (tertiary alicyclic amines) is 2. The van der Waals surface area contributed by atoms with Crippen molar-refractivity contribution in [3.05, 3.63) is 29.3 Å². The zero-order valence-electron chi connectivity index (χ0n) is 16.3. The van der Waals surface area contributed by atoms with Crippen LogP contribution in [0.5, 0.6) is 0 Å². The molecule has 0 radical (unpaired) electrons. The van der Waals surface area contributed by atoms with Crippen molar-refractivity contribution in [3.8, 4) is 0 Å². The summed E-state index contributed by atoms with van der Waals surface area (Å²) in [7, 11) is 0. The van der Waals surface area contributed by atoms with Crippen LogP contribution in [-0.2, 0) is 12.8 Å². The molecule has 1 aromatic carbocycles. The molecule has 1 aromatic rings. The highest BCUT2D eigenvalue weighted by molar-refractivity contribution is 5.52. The number of rotatable bonds is 3. The lowest BCUT2D eigenvalue weighted by Crippen LogP contribution is -2.53. The highest BCUT2D eigenvalue weighted by Crippen LogP contribution is 2.30. The second kappa shape index (κ2) is 7.52. The van der Waals surface area contributed by atoms with Gasteiger partial charge in [0.25, 0.3) is 0 Å². The molecule has 26 heavy (non-hydrogen) atoms. The molecule has 3 saturated heterocycles. The minimum atomic E-state index is 0.825. The molecule has 4 aliphatic rings. The Kier molecular flexibility index (Phi) is 4.93. The van der Waals surface area contributed by atoms with Crippen LogP contribution in [0, 0.1) is 0 Å². The number of hydrogen-bond acceptors (Lipinski definition) is 3. The van der Waals surface area contributed by atoms with Crippen LogP contribution < -0.4 is 4.90 Å². The zero-order valence-corrected chi connectivity index (χ0v) is 16.3. The molecule has 3 nitrogen and oxygen atoms in total. The first-order chi connectivity index (χ1) is 12.9. The van der Waals surface area contributed by atoms with E-state index in [-0.39, 0.29) is 0 Å². The van der Waals surface area contributed by atoms with Crippen molar-refractivity contribution in [2.75, 3.05) is 44.2 Å². The number of piperidine rings is 2. The van der Waals surface area contributed by atoms with Crippen molar-refractivity contribution < 1.29 is 0 Å². The van der Waals surface area contributed by atoms with Crippen molar-refractivity contribution in [3.63, 3.8) is 0 Å². The number of nitrogens with zero attached hydrogens (tertiary/aromatic N) is 3. The van der Waals surface area contributed by atoms with Gasteiger partial charge < -0.3 is 4.90 Å². The molecule has 0 bridgehead atoms. The number of benzene rings is 1. The van der Waals surface area contributed by atoms with Crippen LogP contribution in [0.25, 0.3) is 0 Å². The molecule has 0 spiro atoms. The first-order valence-electron chi connectivity index (χ1n) is 11.2. The minimum absolute atomic E-state index is 0.825. The molecule has 0 aromatic heterocycles. The van der Waals surface area contributed by atoms with Crippen LogP contribution in [0.2, 0.25) is 0 Å². The van der Waals surface area contributed by atoms with E-state index in [0.29, 0.717) is 0 Å². The van der Waals surface area contributed by atoms with Gasteiger partial charge in [0.2, 0.25) is 0 Å². The highest BCUT2D eigenvalue weighted by Gasteiger charge is 2.32. The van der Waals surface area contributed by atoms with Crippen molar-refractivity contribution in [1.82, 2.24) is 9.80 Å². The van der Waals surface area contributed by atoms with Gasteiger partial charge in [0.15, 0.2) is 0 Å². The van der Waals surface area contributed by atoms with Crippen LogP contribution in [-0.4, -0.2) is 61.2 Å². The normalized spacial score (nSPS) is 28.6. The lowest BCUT2D eigenvalue weighted by Gasteiger charge is -2.44. The second-order valence-electron chi connectivity index (χ2n) is 9.06. The van der Waals surface area contributed by atoms with Crippen LogP contribution in [0.1, 0.15) is 56.1 Å². The van der Waals surface area contributed by atoms with Gasteiger partial charge in [-0.2, -0.15) is 0 Å². The van der Waals surface area contributed by atoms with Gasteiger partial charge in [0, 0.05) is 37.4 Å². The smallest absolute Gasteiger partial charge is 0.0369 e. The van der Waals surface area contributed by atoms with Gasteiger partial charge in [-0.15, -0.1) is 0 Å². The summed E-state index contributed by atoms with van der Waals surface area (Å²) < 4.78 is 0. The van der Waals surface area contributed by atoms with E-state index in [4.69, 9.17) is 0 Å². The molecule has 1 unspecified atom stereocenters. The van der Waals surface area contributed by atoms with E-state index < -0.39 is 0 Å². The Morgan fingerprint density at radius 3 is 2.27 bits per heavy atom. The first-order valence-corrected chi connectivity index (χ1v) is 11.2. The summed E-state index contributed by atoms with van der Waals surface area (Å²) in [6.07, 6.45) is 12.3. The third-order valence-electron chi connectivity index (χ3n) is 7.51. The Bertz CT molecular complexity index is 614. The lowest BCUT2D eigenvalue weighted by molar-refractivity contribution is 0.0736. The summed E-state index contributed by atoms with van der Waals surface area (Å²) in [5.74, 6) is 0. The number of fused-ring (bicyclic) bond motifs is 1. The van der Waals surface area contributed by atoms with Crippen LogP contribution in [0.15, 0.2) is 18.2 Å². The molecule has 1 atom stereocenters. The molecule has 0 N–H and O–H groups in total. The van der Waals surface area contributed by atoms with Gasteiger partial charge in [0.1, 0.15) is 0 Å². The summed E-state index contributed by atoms with van der Waals surface area (Å²) in [5, 5.41) is 0. The van der Waals surface area contributed by atoms with E-state index in [1.165, 1.54) is 103 Å². The van der Waals surface area contributed by atoms with Gasteiger partial charge in [-0.1, -0.05) is 6.07 Å². The van der Waals surface area contributed by atoms with Crippen molar-refractivity contribution in [2.24, 2.45) is 0 Å². The largest absolute Gasteiger partial charge is 0.371 e. The Balaban J connectivity index is 1.18. The molecule has 0 saturated carbocycles. The molecular formula is C23H35N3. The molecular weight excluding hydrogens is 318 g/mol. The van der Waals surface area contributed by atoms with Crippen molar-refractivity contribution in [1.29, 1.82) is 0 Å². The molecule has 3 heterocycles. The third kappa shape index (κ3) is 3.41. The molecule has 5 rings (SSSR count). The molecule has 3 heteroatoms. The van der Waals surface area contributed by atoms with Crippen LogP contribution in [0.3, 0.4) is 0 Å². The molecule has 3 aliphatic heterocycles. The average molecular weight is 354 g/mol. The van der Waals surface area contributed by atoms with E-state index in [1.807, 2.05) is 0 Å². The van der Waals surface area contributed by atoms with E-state index in [0.717, 1.165) is 12.1 Å². The van der Waals surface area contributed by atoms with Crippen LogP contribution >= 0.6 is 0 Å². The zero-order chi connectivity index (χ0) is 17.3. The topological polar surface area (TPSA) is 9.72 Å². The second-order valence-corrected chi connectivity index (χ2v) is 9.06. The predicted molar refractivity (Wildman–Crippen MR) is 109 cm³/mol. The van der Waals surface area contributed by atoms with E-state index in [2.05, 4.69) is 32.9 Å². The summed E-state index contributed by atoms with van der Waals surface area (Å²) in [6, 6.07) is 8.95. The van der Waals surface area contributed by atoms with E-state index in [1.54, 1.807) is 11.1 Å². The number of anilines is 1. The Morgan fingerprint density at radius 2 is 1.42 bits per heavy atom. The molecule has 1 aliphatic carbocycles. The van der Waals surface area contributed by atoms with Gasteiger partial charge in [-0.3, -0.25) is 9.80 Å². The maximum absolute atomic E-state index is 2.85. The van der Waals surface area contributed by atoms with E-state index >= 15 is 0 Å². The predicted octanol–water partition coefficient (Wildman–Crippen LogP) is 3.70. The fourth-order valence-electron chi connectivity index (χ4n) is 5.96. The molecule has 0 amide bonds. The quantitative estimate of drug-likeness (QED) is 0.820. The first kappa shape index (κ1) is 17.1. The number of aryl methyl sites for hydroxylation is 2. The van der Waals surface area contributed by atoms with Gasteiger partial charge in [0.05, 0.1) is 0 Å². The molecule has 3 fully saturated rings. The Hall–Kier alpha value is -1.06. The fourth-order valence-corrected chi connectivity index (χ4v) is 5.96. The highest BCUT2D eigenvalue weighted by atomic mass is 15.3.